The Balaban J connectivity index is 2.21. The molecule has 0 aliphatic heterocycles. The summed E-state index contributed by atoms with van der Waals surface area (Å²) >= 11 is 0. The fourth-order valence-electron chi connectivity index (χ4n) is 2.57. The highest BCUT2D eigenvalue weighted by molar-refractivity contribution is 5.68. The highest BCUT2D eigenvalue weighted by Crippen LogP contribution is 2.28. The largest absolute Gasteiger partial charge is 0.444 e. The SMILES string of the molecule is C/C=C\CCC1CCC(NC(=O)OC(C)(C)C)CC1. The van der Waals surface area contributed by atoms with Crippen LogP contribution in [0, 0.1) is 5.92 Å². The molecule has 0 aromatic rings. The molecule has 0 aromatic carbocycles. The maximum absolute atomic E-state index is 11.7. The van der Waals surface area contributed by atoms with Crippen LogP contribution in [-0.4, -0.2) is 17.7 Å². The quantitative estimate of drug-likeness (QED) is 0.765. The van der Waals surface area contributed by atoms with E-state index in [9.17, 15) is 4.79 Å². The summed E-state index contributed by atoms with van der Waals surface area (Å²) in [6.07, 6.45) is 11.2. The van der Waals surface area contributed by atoms with Gasteiger partial charge in [-0.25, -0.2) is 4.79 Å². The average Bonchev–Trinajstić information content (AvgIpc) is 2.29. The van der Waals surface area contributed by atoms with Crippen LogP contribution in [0.3, 0.4) is 0 Å². The zero-order valence-electron chi connectivity index (χ0n) is 12.9. The second-order valence-corrected chi connectivity index (χ2v) is 6.51. The van der Waals surface area contributed by atoms with Gasteiger partial charge < -0.3 is 10.1 Å². The van der Waals surface area contributed by atoms with E-state index in [1.54, 1.807) is 0 Å². The van der Waals surface area contributed by atoms with Crippen LogP contribution in [0.4, 0.5) is 4.79 Å². The molecule has 0 saturated heterocycles. The molecule has 110 valence electrons. The number of rotatable bonds is 4. The molecule has 0 aromatic heterocycles. The van der Waals surface area contributed by atoms with E-state index in [4.69, 9.17) is 4.74 Å². The first kappa shape index (κ1) is 16.1. The first-order chi connectivity index (χ1) is 8.90. The van der Waals surface area contributed by atoms with Crippen molar-refractivity contribution in [3.63, 3.8) is 0 Å². The number of hydrogen-bond donors (Lipinski definition) is 1. The van der Waals surface area contributed by atoms with Gasteiger partial charge in [-0.2, -0.15) is 0 Å². The van der Waals surface area contributed by atoms with Crippen molar-refractivity contribution in [3.8, 4) is 0 Å². The molecule has 0 spiro atoms. The van der Waals surface area contributed by atoms with Gasteiger partial charge in [-0.15, -0.1) is 0 Å². The molecular formula is C16H29NO2. The number of alkyl carbamates (subject to hydrolysis) is 1. The minimum Gasteiger partial charge on any atom is -0.444 e. The molecule has 0 radical (unpaired) electrons. The van der Waals surface area contributed by atoms with E-state index in [2.05, 4.69) is 24.4 Å². The van der Waals surface area contributed by atoms with Gasteiger partial charge in [0.2, 0.25) is 0 Å². The lowest BCUT2D eigenvalue weighted by molar-refractivity contribution is 0.0487. The Bertz CT molecular complexity index is 296. The van der Waals surface area contributed by atoms with E-state index in [0.29, 0.717) is 6.04 Å². The molecule has 3 heteroatoms. The zero-order valence-corrected chi connectivity index (χ0v) is 12.9. The summed E-state index contributed by atoms with van der Waals surface area (Å²) in [6, 6.07) is 0.299. The molecule has 1 aliphatic carbocycles. The fourth-order valence-corrected chi connectivity index (χ4v) is 2.57. The Morgan fingerprint density at radius 1 is 1.26 bits per heavy atom. The van der Waals surface area contributed by atoms with Gasteiger partial charge in [-0.1, -0.05) is 12.2 Å². The number of hydrogen-bond acceptors (Lipinski definition) is 2. The minimum absolute atomic E-state index is 0.273. The lowest BCUT2D eigenvalue weighted by Gasteiger charge is -2.30. The lowest BCUT2D eigenvalue weighted by Crippen LogP contribution is -2.40. The second kappa shape index (κ2) is 7.56. The Hall–Kier alpha value is -0.990. The van der Waals surface area contributed by atoms with Gasteiger partial charge in [0.05, 0.1) is 0 Å². The van der Waals surface area contributed by atoms with Gasteiger partial charge in [0.25, 0.3) is 0 Å². The topological polar surface area (TPSA) is 38.3 Å². The molecule has 0 heterocycles. The molecule has 1 N–H and O–H groups in total. The molecule has 1 amide bonds. The van der Waals surface area contributed by atoms with E-state index in [1.165, 1.54) is 25.7 Å². The molecule has 0 atom stereocenters. The van der Waals surface area contributed by atoms with Crippen LogP contribution in [0.5, 0.6) is 0 Å². The first-order valence-corrected chi connectivity index (χ1v) is 7.51. The van der Waals surface area contributed by atoms with Crippen molar-refractivity contribution in [3.05, 3.63) is 12.2 Å². The summed E-state index contributed by atoms with van der Waals surface area (Å²) in [5.41, 5.74) is -0.409. The zero-order chi connectivity index (χ0) is 14.3. The van der Waals surface area contributed by atoms with E-state index in [0.717, 1.165) is 18.8 Å². The lowest BCUT2D eigenvalue weighted by atomic mass is 9.83. The summed E-state index contributed by atoms with van der Waals surface area (Å²) in [4.78, 5) is 11.7. The van der Waals surface area contributed by atoms with Gasteiger partial charge >= 0.3 is 6.09 Å². The maximum Gasteiger partial charge on any atom is 0.407 e. The second-order valence-electron chi connectivity index (χ2n) is 6.51. The summed E-state index contributed by atoms with van der Waals surface area (Å²) in [7, 11) is 0. The van der Waals surface area contributed by atoms with E-state index >= 15 is 0 Å². The number of amides is 1. The predicted octanol–water partition coefficient (Wildman–Crippen LogP) is 4.43. The fraction of sp³-hybridized carbons (Fsp3) is 0.812. The van der Waals surface area contributed by atoms with Crippen LogP contribution in [-0.2, 0) is 4.74 Å². The molecule has 1 fully saturated rings. The summed E-state index contributed by atoms with van der Waals surface area (Å²) in [6.45, 7) is 7.75. The molecule has 1 saturated carbocycles. The van der Waals surface area contributed by atoms with Gasteiger partial charge in [-0.3, -0.25) is 0 Å². The van der Waals surface area contributed by atoms with Crippen molar-refractivity contribution in [1.82, 2.24) is 5.32 Å². The van der Waals surface area contributed by atoms with Crippen LogP contribution in [0.2, 0.25) is 0 Å². The van der Waals surface area contributed by atoms with E-state index in [1.807, 2.05) is 20.8 Å². The highest BCUT2D eigenvalue weighted by atomic mass is 16.6. The van der Waals surface area contributed by atoms with Crippen molar-refractivity contribution in [1.29, 1.82) is 0 Å². The third-order valence-corrected chi connectivity index (χ3v) is 3.54. The standard InChI is InChI=1S/C16H29NO2/c1-5-6-7-8-13-9-11-14(12-10-13)17-15(18)19-16(2,3)4/h5-6,13-14H,7-12H2,1-4H3,(H,17,18)/b6-5-. The van der Waals surface area contributed by atoms with Crippen molar-refractivity contribution in [2.24, 2.45) is 5.92 Å². The van der Waals surface area contributed by atoms with E-state index in [-0.39, 0.29) is 6.09 Å². The maximum atomic E-state index is 11.7. The van der Waals surface area contributed by atoms with Crippen LogP contribution in [0.15, 0.2) is 12.2 Å². The number of allylic oxidation sites excluding steroid dienone is 2. The predicted molar refractivity (Wildman–Crippen MR) is 79.2 cm³/mol. The average molecular weight is 267 g/mol. The third-order valence-electron chi connectivity index (χ3n) is 3.54. The van der Waals surface area contributed by atoms with E-state index < -0.39 is 5.60 Å². The molecule has 3 nitrogen and oxygen atoms in total. The molecule has 1 aliphatic rings. The Kier molecular flexibility index (Phi) is 6.40. The van der Waals surface area contributed by atoms with Gasteiger partial charge in [0.1, 0.15) is 5.60 Å². The van der Waals surface area contributed by atoms with Crippen molar-refractivity contribution < 1.29 is 9.53 Å². The summed E-state index contributed by atoms with van der Waals surface area (Å²) in [5, 5.41) is 2.99. The highest BCUT2D eigenvalue weighted by Gasteiger charge is 2.24. The molecule has 1 rings (SSSR count). The number of nitrogens with one attached hydrogen (secondary N) is 1. The van der Waals surface area contributed by atoms with Crippen LogP contribution >= 0.6 is 0 Å². The van der Waals surface area contributed by atoms with Crippen molar-refractivity contribution in [2.45, 2.75) is 77.9 Å². The van der Waals surface area contributed by atoms with Gasteiger partial charge in [0, 0.05) is 6.04 Å². The minimum atomic E-state index is -0.409. The van der Waals surface area contributed by atoms with Crippen LogP contribution in [0.25, 0.3) is 0 Å². The number of carbonyl (C=O) groups excluding carboxylic acids is 1. The molecular weight excluding hydrogens is 238 g/mol. The first-order valence-electron chi connectivity index (χ1n) is 7.51. The normalized spacial score (nSPS) is 24.4. The summed E-state index contributed by atoms with van der Waals surface area (Å²) < 4.78 is 5.29. The van der Waals surface area contributed by atoms with Gasteiger partial charge in [-0.05, 0) is 72.1 Å². The van der Waals surface area contributed by atoms with Crippen molar-refractivity contribution in [2.75, 3.05) is 0 Å². The smallest absolute Gasteiger partial charge is 0.407 e. The Morgan fingerprint density at radius 3 is 2.42 bits per heavy atom. The number of carbonyl (C=O) groups is 1. The Morgan fingerprint density at radius 2 is 1.89 bits per heavy atom. The molecule has 0 bridgehead atoms. The Labute approximate surface area is 117 Å². The monoisotopic (exact) mass is 267 g/mol. The molecule has 19 heavy (non-hydrogen) atoms. The number of ether oxygens (including phenoxy) is 1. The van der Waals surface area contributed by atoms with Crippen LogP contribution < -0.4 is 5.32 Å². The van der Waals surface area contributed by atoms with Crippen molar-refractivity contribution >= 4 is 6.09 Å². The molecule has 0 unspecified atom stereocenters. The van der Waals surface area contributed by atoms with Crippen LogP contribution in [0.1, 0.15) is 66.2 Å². The third kappa shape index (κ3) is 7.24. The summed E-state index contributed by atoms with van der Waals surface area (Å²) in [5.74, 6) is 0.827. The van der Waals surface area contributed by atoms with Gasteiger partial charge in [0.15, 0.2) is 0 Å².